The number of benzene rings is 3. The Kier molecular flexibility index (Phi) is 11.5. The van der Waals surface area contributed by atoms with Crippen LogP contribution in [0.4, 0.5) is 15.3 Å². The number of ether oxygens (including phenoxy) is 3. The highest BCUT2D eigenvalue weighted by molar-refractivity contribution is 6.49. The van der Waals surface area contributed by atoms with Crippen LogP contribution in [0.25, 0.3) is 0 Å². The Morgan fingerprint density at radius 1 is 0.760 bits per heavy atom. The van der Waals surface area contributed by atoms with Crippen molar-refractivity contribution in [3.8, 4) is 17.2 Å². The SMILES string of the molecule is CC(C)(C)N(C(=O)Oc1cc(OC(=O)Oc2ccc([N+](=O)[O-])cc2)ccc1C(=O)C(=O)c1ccccc1)[C@@](CCC(=O)O)(C(=O)O)C(C)(C)C. The Hall–Kier alpha value is -6.12. The topological polar surface area (TPSA) is 217 Å². The van der Waals surface area contributed by atoms with Crippen LogP contribution in [0, 0.1) is 15.5 Å². The standard InChI is InChI=1S/C35H36N2O13/c1-33(2,3)35(30(42)43,19-18-27(38)39)36(34(4,5)6)31(44)50-26-20-24(49-32(45)48-23-14-12-22(13-15-23)37(46)47)16-17-25(26)29(41)28(40)21-10-8-7-9-11-21/h7-17,20H,18-19H2,1-6H3,(H,38,39)(H,42,43)/t35-/m0/s1. The van der Waals surface area contributed by atoms with E-state index in [0.717, 1.165) is 47.4 Å². The summed E-state index contributed by atoms with van der Waals surface area (Å²) in [4.78, 5) is 89.3. The van der Waals surface area contributed by atoms with Gasteiger partial charge in [-0.25, -0.2) is 14.4 Å². The first kappa shape index (κ1) is 38.3. The van der Waals surface area contributed by atoms with E-state index in [2.05, 4.69) is 0 Å². The summed E-state index contributed by atoms with van der Waals surface area (Å²) in [5.74, 6) is -5.95. The first-order chi connectivity index (χ1) is 23.2. The van der Waals surface area contributed by atoms with E-state index in [0.29, 0.717) is 0 Å². The number of carboxylic acid groups (broad SMARTS) is 2. The lowest BCUT2D eigenvalue weighted by molar-refractivity contribution is -0.384. The first-order valence-corrected chi connectivity index (χ1v) is 15.1. The second-order valence-electron chi connectivity index (χ2n) is 13.1. The van der Waals surface area contributed by atoms with Gasteiger partial charge in [0.2, 0.25) is 11.6 Å². The molecule has 2 N–H and O–H groups in total. The van der Waals surface area contributed by atoms with Gasteiger partial charge in [-0.15, -0.1) is 0 Å². The number of hydrogen-bond donors (Lipinski definition) is 2. The highest BCUT2D eigenvalue weighted by atomic mass is 16.7. The Morgan fingerprint density at radius 3 is 1.82 bits per heavy atom. The van der Waals surface area contributed by atoms with E-state index in [-0.39, 0.29) is 22.7 Å². The molecule has 264 valence electrons. The number of ketones is 2. The molecule has 3 rings (SSSR count). The normalized spacial score (nSPS) is 12.5. The zero-order chi connectivity index (χ0) is 37.6. The molecule has 0 fully saturated rings. The second kappa shape index (κ2) is 15.0. The maximum atomic E-state index is 14.2. The van der Waals surface area contributed by atoms with Crippen LogP contribution in [0.2, 0.25) is 0 Å². The lowest BCUT2D eigenvalue weighted by Crippen LogP contribution is -2.69. The fourth-order valence-electron chi connectivity index (χ4n) is 5.31. The van der Waals surface area contributed by atoms with Gasteiger partial charge in [0.25, 0.3) is 5.69 Å². The average molecular weight is 693 g/mol. The second-order valence-corrected chi connectivity index (χ2v) is 13.1. The van der Waals surface area contributed by atoms with Gasteiger partial charge in [-0.05, 0) is 56.9 Å². The monoisotopic (exact) mass is 692 g/mol. The molecule has 15 nitrogen and oxygen atoms in total. The summed E-state index contributed by atoms with van der Waals surface area (Å²) in [6.45, 7) is 9.10. The molecule has 0 radical (unpaired) electrons. The molecular formula is C35H36N2O13. The van der Waals surface area contributed by atoms with Crippen molar-refractivity contribution in [3.05, 3.63) is 94.0 Å². The number of carbonyl (C=O) groups excluding carboxylic acids is 4. The smallest absolute Gasteiger partial charge is 0.481 e. The van der Waals surface area contributed by atoms with Crippen LogP contribution in [0.3, 0.4) is 0 Å². The minimum atomic E-state index is -2.17. The summed E-state index contributed by atoms with van der Waals surface area (Å²) in [6.07, 6.45) is -3.78. The van der Waals surface area contributed by atoms with Crippen LogP contribution in [-0.4, -0.2) is 66.9 Å². The predicted octanol–water partition coefficient (Wildman–Crippen LogP) is 6.57. The molecular weight excluding hydrogens is 656 g/mol. The lowest BCUT2D eigenvalue weighted by Gasteiger charge is -2.53. The number of hydrogen-bond acceptors (Lipinski definition) is 11. The van der Waals surface area contributed by atoms with Crippen LogP contribution < -0.4 is 14.2 Å². The summed E-state index contributed by atoms with van der Waals surface area (Å²) in [6, 6.07) is 15.1. The maximum absolute atomic E-state index is 14.2. The van der Waals surface area contributed by atoms with Crippen molar-refractivity contribution in [1.29, 1.82) is 0 Å². The molecule has 3 aromatic rings. The van der Waals surface area contributed by atoms with Gasteiger partial charge in [0.05, 0.1) is 10.5 Å². The van der Waals surface area contributed by atoms with E-state index in [4.69, 9.17) is 14.2 Å². The molecule has 0 saturated heterocycles. The van der Waals surface area contributed by atoms with Gasteiger partial charge in [-0.3, -0.25) is 29.4 Å². The summed E-state index contributed by atoms with van der Waals surface area (Å²) < 4.78 is 15.9. The Bertz CT molecular complexity index is 1810. The molecule has 0 bridgehead atoms. The first-order valence-electron chi connectivity index (χ1n) is 15.1. The van der Waals surface area contributed by atoms with Gasteiger partial charge in [0.1, 0.15) is 22.8 Å². The van der Waals surface area contributed by atoms with Crippen molar-refractivity contribution in [3.63, 3.8) is 0 Å². The number of non-ortho nitro benzene ring substituents is 1. The molecule has 1 atom stereocenters. The van der Waals surface area contributed by atoms with Crippen molar-refractivity contribution in [2.24, 2.45) is 5.41 Å². The van der Waals surface area contributed by atoms with Gasteiger partial charge in [-0.1, -0.05) is 51.1 Å². The third-order valence-corrected chi connectivity index (χ3v) is 7.62. The Morgan fingerprint density at radius 2 is 1.32 bits per heavy atom. The minimum Gasteiger partial charge on any atom is -0.481 e. The van der Waals surface area contributed by atoms with Crippen LogP contribution in [0.15, 0.2) is 72.8 Å². The third-order valence-electron chi connectivity index (χ3n) is 7.62. The van der Waals surface area contributed by atoms with Gasteiger partial charge < -0.3 is 24.4 Å². The largest absolute Gasteiger partial charge is 0.519 e. The summed E-state index contributed by atoms with van der Waals surface area (Å²) in [5, 5.41) is 31.0. The van der Waals surface area contributed by atoms with E-state index in [1.165, 1.54) is 65.8 Å². The molecule has 1 amide bonds. The number of nitro groups is 1. The van der Waals surface area contributed by atoms with Gasteiger partial charge in [0, 0.05) is 35.7 Å². The number of Topliss-reactive ketones (excluding diaryl/α,β-unsaturated/α-hetero) is 2. The summed E-state index contributed by atoms with van der Waals surface area (Å²) >= 11 is 0. The van der Waals surface area contributed by atoms with E-state index >= 15 is 0 Å². The van der Waals surface area contributed by atoms with E-state index in [1.54, 1.807) is 6.07 Å². The molecule has 0 aliphatic rings. The zero-order valence-corrected chi connectivity index (χ0v) is 28.1. The summed E-state index contributed by atoms with van der Waals surface area (Å²) in [7, 11) is 0. The van der Waals surface area contributed by atoms with E-state index in [9.17, 15) is 49.1 Å². The number of amides is 1. The highest BCUT2D eigenvalue weighted by Gasteiger charge is 2.59. The van der Waals surface area contributed by atoms with Crippen molar-refractivity contribution in [1.82, 2.24) is 4.90 Å². The molecule has 0 aliphatic carbocycles. The van der Waals surface area contributed by atoms with Crippen LogP contribution in [0.1, 0.15) is 75.1 Å². The number of aliphatic carboxylic acids is 2. The third kappa shape index (κ3) is 8.66. The number of carboxylic acids is 2. The Balaban J connectivity index is 2.11. The molecule has 0 spiro atoms. The van der Waals surface area contributed by atoms with Crippen LogP contribution in [-0.2, 0) is 9.59 Å². The van der Waals surface area contributed by atoms with E-state index < -0.39 is 81.3 Å². The molecule has 0 aliphatic heterocycles. The van der Waals surface area contributed by atoms with Crippen molar-refractivity contribution in [2.75, 3.05) is 0 Å². The quantitative estimate of drug-likeness (QED) is 0.0513. The van der Waals surface area contributed by atoms with Gasteiger partial charge in [-0.2, -0.15) is 0 Å². The molecule has 3 aromatic carbocycles. The molecule has 0 heterocycles. The molecule has 0 saturated carbocycles. The zero-order valence-electron chi connectivity index (χ0n) is 28.1. The van der Waals surface area contributed by atoms with Crippen LogP contribution in [0.5, 0.6) is 17.2 Å². The van der Waals surface area contributed by atoms with Gasteiger partial charge >= 0.3 is 24.2 Å². The average Bonchev–Trinajstić information content (AvgIpc) is 3.01. The van der Waals surface area contributed by atoms with Crippen LogP contribution >= 0.6 is 0 Å². The maximum Gasteiger partial charge on any atom is 0.519 e. The predicted molar refractivity (Wildman–Crippen MR) is 176 cm³/mol. The number of nitrogens with zero attached hydrogens (tertiary/aromatic N) is 2. The number of nitro benzene ring substituents is 1. The van der Waals surface area contributed by atoms with E-state index in [1.807, 2.05) is 0 Å². The highest BCUT2D eigenvalue weighted by Crippen LogP contribution is 2.44. The number of rotatable bonds is 12. The minimum absolute atomic E-state index is 0.0180. The van der Waals surface area contributed by atoms with Gasteiger partial charge in [0.15, 0.2) is 0 Å². The molecule has 50 heavy (non-hydrogen) atoms. The molecule has 15 heteroatoms. The van der Waals surface area contributed by atoms with Crippen molar-refractivity contribution >= 4 is 41.4 Å². The summed E-state index contributed by atoms with van der Waals surface area (Å²) in [5.41, 5.74) is -5.46. The molecule has 0 unspecified atom stereocenters. The van der Waals surface area contributed by atoms with Crippen molar-refractivity contribution < 1.29 is 58.1 Å². The lowest BCUT2D eigenvalue weighted by atomic mass is 9.68. The fraction of sp³-hybridized carbons (Fsp3) is 0.314. The molecule has 0 aromatic heterocycles. The fourth-order valence-corrected chi connectivity index (χ4v) is 5.31. The number of carbonyl (C=O) groups is 6. The Labute approximate surface area is 286 Å². The van der Waals surface area contributed by atoms with Crippen molar-refractivity contribution in [2.45, 2.75) is 65.5 Å².